The Balaban J connectivity index is 1.93. The van der Waals surface area contributed by atoms with E-state index in [1.165, 1.54) is 18.2 Å². The van der Waals surface area contributed by atoms with Gasteiger partial charge < -0.3 is 14.2 Å². The lowest BCUT2D eigenvalue weighted by molar-refractivity contribution is -0.139. The van der Waals surface area contributed by atoms with Gasteiger partial charge in [0.2, 0.25) is 6.79 Å². The summed E-state index contributed by atoms with van der Waals surface area (Å²) in [4.78, 5) is 11.2. The Kier molecular flexibility index (Phi) is 3.45. The molecule has 0 N–H and O–H groups in total. The molecule has 0 bridgehead atoms. The summed E-state index contributed by atoms with van der Waals surface area (Å²) < 4.78 is 15.4. The van der Waals surface area contributed by atoms with Crippen molar-refractivity contribution in [3.05, 3.63) is 48.6 Å². The van der Waals surface area contributed by atoms with Crippen LogP contribution in [0.3, 0.4) is 0 Å². The van der Waals surface area contributed by atoms with Gasteiger partial charge in [0.25, 0.3) is 0 Å². The van der Waals surface area contributed by atoms with E-state index in [4.69, 9.17) is 14.2 Å². The molecule has 1 aromatic carbocycles. The maximum Gasteiger partial charge on any atom is 0.331 e. The number of carbonyl (C=O) groups is 1. The van der Waals surface area contributed by atoms with Crippen molar-refractivity contribution in [3.63, 3.8) is 0 Å². The quantitative estimate of drug-likeness (QED) is 0.453. The Morgan fingerprint density at radius 1 is 1.41 bits per heavy atom. The van der Waals surface area contributed by atoms with Gasteiger partial charge in [-0.3, -0.25) is 0 Å². The highest BCUT2D eigenvalue weighted by molar-refractivity contribution is 5.82. The zero-order valence-electron chi connectivity index (χ0n) is 9.22. The Bertz CT molecular complexity index is 462. The van der Waals surface area contributed by atoms with E-state index in [0.717, 1.165) is 5.56 Å². The molecule has 0 unspecified atom stereocenters. The summed E-state index contributed by atoms with van der Waals surface area (Å²) in [5.41, 5.74) is 0.856. The van der Waals surface area contributed by atoms with Crippen molar-refractivity contribution in [2.24, 2.45) is 0 Å². The van der Waals surface area contributed by atoms with Crippen LogP contribution in [0.2, 0.25) is 0 Å². The molecule has 1 aromatic rings. The van der Waals surface area contributed by atoms with E-state index < -0.39 is 5.97 Å². The number of allylic oxidation sites excluding steroid dienone is 2. The first-order valence-electron chi connectivity index (χ1n) is 5.14. The molecule has 1 aliphatic heterocycles. The number of rotatable bonds is 4. The fourth-order valence-electron chi connectivity index (χ4n) is 1.38. The van der Waals surface area contributed by atoms with E-state index in [2.05, 4.69) is 6.58 Å². The summed E-state index contributed by atoms with van der Waals surface area (Å²) in [6.07, 6.45) is 4.36. The predicted octanol–water partition coefficient (Wildman–Crippen LogP) is 2.20. The van der Waals surface area contributed by atoms with Gasteiger partial charge in [0, 0.05) is 6.08 Å². The number of hydrogen-bond donors (Lipinski definition) is 0. The average Bonchev–Trinajstić information content (AvgIpc) is 2.81. The Labute approximate surface area is 99.1 Å². The van der Waals surface area contributed by atoms with E-state index in [-0.39, 0.29) is 13.4 Å². The first kappa shape index (κ1) is 11.3. The van der Waals surface area contributed by atoms with Gasteiger partial charge in [-0.05, 0) is 17.7 Å². The van der Waals surface area contributed by atoms with Crippen LogP contribution < -0.4 is 9.47 Å². The highest BCUT2D eigenvalue weighted by Crippen LogP contribution is 2.32. The molecule has 0 atom stereocenters. The molecule has 0 radical (unpaired) electrons. The Morgan fingerprint density at radius 3 is 3.06 bits per heavy atom. The van der Waals surface area contributed by atoms with Gasteiger partial charge in [-0.2, -0.15) is 0 Å². The van der Waals surface area contributed by atoms with Crippen LogP contribution in [0.15, 0.2) is 43.0 Å². The number of hydrogen-bond acceptors (Lipinski definition) is 4. The number of benzene rings is 1. The third kappa shape index (κ3) is 2.87. The Morgan fingerprint density at radius 2 is 2.24 bits per heavy atom. The van der Waals surface area contributed by atoms with Crippen molar-refractivity contribution >= 4 is 5.97 Å². The van der Waals surface area contributed by atoms with Crippen LogP contribution in [0.4, 0.5) is 0 Å². The van der Waals surface area contributed by atoms with E-state index in [9.17, 15) is 4.79 Å². The fourth-order valence-corrected chi connectivity index (χ4v) is 1.38. The van der Waals surface area contributed by atoms with Gasteiger partial charge in [0.05, 0.1) is 0 Å². The minimum absolute atomic E-state index is 0.205. The molecule has 0 fully saturated rings. The van der Waals surface area contributed by atoms with Crippen LogP contribution >= 0.6 is 0 Å². The molecule has 0 spiro atoms. The molecule has 4 heteroatoms. The second kappa shape index (κ2) is 5.21. The van der Waals surface area contributed by atoms with Crippen molar-refractivity contribution in [1.29, 1.82) is 0 Å². The van der Waals surface area contributed by atoms with E-state index in [1.54, 1.807) is 12.1 Å². The number of ether oxygens (including phenoxy) is 3. The summed E-state index contributed by atoms with van der Waals surface area (Å²) >= 11 is 0. The van der Waals surface area contributed by atoms with Crippen LogP contribution in [0, 0.1) is 0 Å². The molecular weight excluding hydrogens is 220 g/mol. The van der Waals surface area contributed by atoms with Gasteiger partial charge in [-0.15, -0.1) is 0 Å². The van der Waals surface area contributed by atoms with Crippen molar-refractivity contribution < 1.29 is 19.0 Å². The molecule has 0 aromatic heterocycles. The SMILES string of the molecule is C=C/C=C/C(=O)OCc1ccc2c(c1)OCO2. The highest BCUT2D eigenvalue weighted by Gasteiger charge is 2.13. The first-order chi connectivity index (χ1) is 8.29. The van der Waals surface area contributed by atoms with E-state index in [1.807, 2.05) is 6.07 Å². The van der Waals surface area contributed by atoms with Gasteiger partial charge in [0.15, 0.2) is 11.5 Å². The summed E-state index contributed by atoms with van der Waals surface area (Å²) in [7, 11) is 0. The zero-order valence-corrected chi connectivity index (χ0v) is 9.22. The van der Waals surface area contributed by atoms with Gasteiger partial charge in [-0.25, -0.2) is 4.79 Å². The smallest absolute Gasteiger partial charge is 0.331 e. The van der Waals surface area contributed by atoms with E-state index in [0.29, 0.717) is 11.5 Å². The second-order valence-corrected chi connectivity index (χ2v) is 3.39. The number of fused-ring (bicyclic) bond motifs is 1. The van der Waals surface area contributed by atoms with Crippen molar-refractivity contribution in [1.82, 2.24) is 0 Å². The predicted molar refractivity (Wildman–Crippen MR) is 61.7 cm³/mol. The fraction of sp³-hybridized carbons (Fsp3) is 0.154. The van der Waals surface area contributed by atoms with Crippen molar-refractivity contribution in [2.45, 2.75) is 6.61 Å². The molecule has 0 saturated heterocycles. The van der Waals surface area contributed by atoms with Crippen LogP contribution in [0.5, 0.6) is 11.5 Å². The van der Waals surface area contributed by atoms with Crippen LogP contribution in [0.25, 0.3) is 0 Å². The minimum atomic E-state index is -0.400. The summed E-state index contributed by atoms with van der Waals surface area (Å²) in [5.74, 6) is 0.995. The summed E-state index contributed by atoms with van der Waals surface area (Å²) in [6.45, 7) is 3.91. The van der Waals surface area contributed by atoms with Crippen LogP contribution in [-0.4, -0.2) is 12.8 Å². The van der Waals surface area contributed by atoms with Crippen LogP contribution in [-0.2, 0) is 16.1 Å². The second-order valence-electron chi connectivity index (χ2n) is 3.39. The lowest BCUT2D eigenvalue weighted by Crippen LogP contribution is -2.00. The molecule has 0 saturated carbocycles. The topological polar surface area (TPSA) is 44.8 Å². The first-order valence-corrected chi connectivity index (χ1v) is 5.14. The summed E-state index contributed by atoms with van der Waals surface area (Å²) in [6, 6.07) is 5.43. The third-order valence-corrected chi connectivity index (χ3v) is 2.19. The normalized spacial score (nSPS) is 12.7. The molecule has 2 rings (SSSR count). The molecule has 1 aliphatic rings. The van der Waals surface area contributed by atoms with Gasteiger partial charge in [0.1, 0.15) is 6.61 Å². The lowest BCUT2D eigenvalue weighted by Gasteiger charge is -2.03. The highest BCUT2D eigenvalue weighted by atomic mass is 16.7. The average molecular weight is 232 g/mol. The standard InChI is InChI=1S/C13H12O4/c1-2-3-4-13(14)15-8-10-5-6-11-12(7-10)17-9-16-11/h2-7H,1,8-9H2/b4-3+. The minimum Gasteiger partial charge on any atom is -0.458 e. The number of carbonyl (C=O) groups excluding carboxylic acids is 1. The maximum absolute atomic E-state index is 11.2. The van der Waals surface area contributed by atoms with Gasteiger partial charge in [-0.1, -0.05) is 24.8 Å². The zero-order chi connectivity index (χ0) is 12.1. The molecule has 0 aliphatic carbocycles. The molecule has 4 nitrogen and oxygen atoms in total. The monoisotopic (exact) mass is 232 g/mol. The van der Waals surface area contributed by atoms with Crippen LogP contribution in [0.1, 0.15) is 5.56 Å². The number of esters is 1. The lowest BCUT2D eigenvalue weighted by atomic mass is 10.2. The van der Waals surface area contributed by atoms with Crippen molar-refractivity contribution in [2.75, 3.05) is 6.79 Å². The van der Waals surface area contributed by atoms with Gasteiger partial charge >= 0.3 is 5.97 Å². The summed E-state index contributed by atoms with van der Waals surface area (Å²) in [5, 5.41) is 0. The maximum atomic E-state index is 11.2. The molecule has 88 valence electrons. The largest absolute Gasteiger partial charge is 0.458 e. The third-order valence-electron chi connectivity index (χ3n) is 2.19. The van der Waals surface area contributed by atoms with Crippen molar-refractivity contribution in [3.8, 4) is 11.5 Å². The van der Waals surface area contributed by atoms with E-state index >= 15 is 0 Å². The Hall–Kier alpha value is -2.23. The molecular formula is C13H12O4. The molecule has 17 heavy (non-hydrogen) atoms. The molecule has 0 amide bonds. The molecule has 1 heterocycles.